The molecular weight excluding hydrogens is 258 g/mol. The maximum atomic E-state index is 6.00. The number of imidazole rings is 1. The van der Waals surface area contributed by atoms with Gasteiger partial charge >= 0.3 is 0 Å². The Kier molecular flexibility index (Phi) is 2.91. The van der Waals surface area contributed by atoms with Gasteiger partial charge in [0.15, 0.2) is 0 Å². The molecule has 0 atom stereocenters. The van der Waals surface area contributed by atoms with Gasteiger partial charge in [0.1, 0.15) is 5.82 Å². The van der Waals surface area contributed by atoms with E-state index in [4.69, 9.17) is 17.3 Å². The third-order valence-electron chi connectivity index (χ3n) is 3.25. The standard InChI is InChI=1S/C15H14ClN3/c1-19-14-6-5-11(16)9-13(14)18-15(19)8-10-3-2-4-12(17)7-10/h2-7,9H,8,17H2,1H3. The summed E-state index contributed by atoms with van der Waals surface area (Å²) in [4.78, 5) is 4.64. The molecule has 2 aromatic carbocycles. The van der Waals surface area contributed by atoms with Crippen LogP contribution in [0, 0.1) is 0 Å². The summed E-state index contributed by atoms with van der Waals surface area (Å²) >= 11 is 6.00. The summed E-state index contributed by atoms with van der Waals surface area (Å²) in [6.45, 7) is 0. The minimum Gasteiger partial charge on any atom is -0.399 e. The van der Waals surface area contributed by atoms with E-state index in [9.17, 15) is 0 Å². The van der Waals surface area contributed by atoms with Crippen LogP contribution in [0.15, 0.2) is 42.5 Å². The molecular formula is C15H14ClN3. The van der Waals surface area contributed by atoms with Crippen molar-refractivity contribution in [3.63, 3.8) is 0 Å². The van der Waals surface area contributed by atoms with E-state index in [1.165, 1.54) is 0 Å². The number of halogens is 1. The van der Waals surface area contributed by atoms with Gasteiger partial charge in [-0.05, 0) is 35.9 Å². The molecule has 19 heavy (non-hydrogen) atoms. The summed E-state index contributed by atoms with van der Waals surface area (Å²) < 4.78 is 2.09. The van der Waals surface area contributed by atoms with Crippen molar-refractivity contribution in [3.8, 4) is 0 Å². The van der Waals surface area contributed by atoms with Crippen molar-refractivity contribution in [2.45, 2.75) is 6.42 Å². The van der Waals surface area contributed by atoms with Gasteiger partial charge in [0.05, 0.1) is 11.0 Å². The molecule has 0 unspecified atom stereocenters. The maximum Gasteiger partial charge on any atom is 0.114 e. The molecule has 1 heterocycles. The van der Waals surface area contributed by atoms with E-state index >= 15 is 0 Å². The fourth-order valence-electron chi connectivity index (χ4n) is 2.27. The highest BCUT2D eigenvalue weighted by Crippen LogP contribution is 2.21. The van der Waals surface area contributed by atoms with E-state index in [2.05, 4.69) is 15.6 Å². The summed E-state index contributed by atoms with van der Waals surface area (Å²) in [5.41, 5.74) is 9.75. The molecule has 0 aliphatic carbocycles. The Morgan fingerprint density at radius 3 is 2.84 bits per heavy atom. The van der Waals surface area contributed by atoms with Crippen molar-refractivity contribution in [1.82, 2.24) is 9.55 Å². The Balaban J connectivity index is 2.03. The van der Waals surface area contributed by atoms with Crippen LogP contribution in [0.5, 0.6) is 0 Å². The van der Waals surface area contributed by atoms with Gasteiger partial charge in [0.25, 0.3) is 0 Å². The van der Waals surface area contributed by atoms with Crippen molar-refractivity contribution in [3.05, 3.63) is 58.9 Å². The molecule has 0 amide bonds. The van der Waals surface area contributed by atoms with Crippen molar-refractivity contribution in [2.24, 2.45) is 7.05 Å². The predicted octanol–water partition coefficient (Wildman–Crippen LogP) is 3.40. The van der Waals surface area contributed by atoms with Gasteiger partial charge in [-0.2, -0.15) is 0 Å². The van der Waals surface area contributed by atoms with Crippen LogP contribution < -0.4 is 5.73 Å². The molecule has 3 aromatic rings. The van der Waals surface area contributed by atoms with E-state index in [0.717, 1.165) is 34.5 Å². The zero-order valence-electron chi connectivity index (χ0n) is 10.6. The maximum absolute atomic E-state index is 6.00. The minimum absolute atomic E-state index is 0.709. The number of hydrogen-bond donors (Lipinski definition) is 1. The highest BCUT2D eigenvalue weighted by atomic mass is 35.5. The second kappa shape index (κ2) is 4.59. The highest BCUT2D eigenvalue weighted by molar-refractivity contribution is 6.31. The summed E-state index contributed by atoms with van der Waals surface area (Å²) in [6, 6.07) is 13.7. The van der Waals surface area contributed by atoms with Gasteiger partial charge in [-0.1, -0.05) is 23.7 Å². The summed E-state index contributed by atoms with van der Waals surface area (Å²) in [5, 5.41) is 0.709. The van der Waals surface area contributed by atoms with Gasteiger partial charge in [-0.25, -0.2) is 4.98 Å². The van der Waals surface area contributed by atoms with E-state index in [0.29, 0.717) is 5.02 Å². The van der Waals surface area contributed by atoms with Gasteiger partial charge in [-0.3, -0.25) is 0 Å². The van der Waals surface area contributed by atoms with Crippen LogP contribution in [0.3, 0.4) is 0 Å². The molecule has 96 valence electrons. The molecule has 0 saturated carbocycles. The topological polar surface area (TPSA) is 43.8 Å². The second-order valence-electron chi connectivity index (χ2n) is 4.64. The van der Waals surface area contributed by atoms with Gasteiger partial charge in [-0.15, -0.1) is 0 Å². The fourth-order valence-corrected chi connectivity index (χ4v) is 2.43. The Hall–Kier alpha value is -2.00. The third-order valence-corrected chi connectivity index (χ3v) is 3.48. The number of hydrogen-bond acceptors (Lipinski definition) is 2. The van der Waals surface area contributed by atoms with E-state index in [1.807, 2.05) is 43.4 Å². The predicted molar refractivity (Wildman–Crippen MR) is 79.4 cm³/mol. The number of nitrogens with two attached hydrogens (primary N) is 1. The molecule has 1 aromatic heterocycles. The molecule has 4 heteroatoms. The summed E-state index contributed by atoms with van der Waals surface area (Å²) in [5.74, 6) is 1.00. The normalized spacial score (nSPS) is 11.1. The molecule has 0 saturated heterocycles. The average molecular weight is 272 g/mol. The molecule has 3 nitrogen and oxygen atoms in total. The fraction of sp³-hybridized carbons (Fsp3) is 0.133. The Morgan fingerprint density at radius 1 is 1.21 bits per heavy atom. The van der Waals surface area contributed by atoms with Crippen LogP contribution in [0.25, 0.3) is 11.0 Å². The van der Waals surface area contributed by atoms with Crippen LogP contribution in [0.4, 0.5) is 5.69 Å². The van der Waals surface area contributed by atoms with Gasteiger partial charge < -0.3 is 10.3 Å². The largest absolute Gasteiger partial charge is 0.399 e. The Morgan fingerprint density at radius 2 is 2.05 bits per heavy atom. The van der Waals surface area contributed by atoms with Crippen LogP contribution in [-0.4, -0.2) is 9.55 Å². The molecule has 0 radical (unpaired) electrons. The number of aryl methyl sites for hydroxylation is 1. The number of nitrogens with zero attached hydrogens (tertiary/aromatic N) is 2. The van der Waals surface area contributed by atoms with Crippen molar-refractivity contribution < 1.29 is 0 Å². The number of benzene rings is 2. The Labute approximate surface area is 116 Å². The lowest BCUT2D eigenvalue weighted by atomic mass is 10.1. The molecule has 0 spiro atoms. The smallest absolute Gasteiger partial charge is 0.114 e. The molecule has 0 bridgehead atoms. The zero-order valence-corrected chi connectivity index (χ0v) is 11.4. The average Bonchev–Trinajstić information content (AvgIpc) is 2.66. The molecule has 0 fully saturated rings. The SMILES string of the molecule is Cn1c(Cc2cccc(N)c2)nc2cc(Cl)ccc21. The lowest BCUT2D eigenvalue weighted by Gasteiger charge is -2.03. The van der Waals surface area contributed by atoms with Crippen molar-refractivity contribution in [1.29, 1.82) is 0 Å². The number of anilines is 1. The monoisotopic (exact) mass is 271 g/mol. The van der Waals surface area contributed by atoms with Crippen LogP contribution in [-0.2, 0) is 13.5 Å². The number of fused-ring (bicyclic) bond motifs is 1. The Bertz CT molecular complexity index is 746. The zero-order chi connectivity index (χ0) is 13.4. The second-order valence-corrected chi connectivity index (χ2v) is 5.08. The lowest BCUT2D eigenvalue weighted by molar-refractivity contribution is 0.845. The quantitative estimate of drug-likeness (QED) is 0.726. The summed E-state index contributed by atoms with van der Waals surface area (Å²) in [6.07, 6.45) is 0.758. The first-order chi connectivity index (χ1) is 9.13. The molecule has 2 N–H and O–H groups in total. The number of nitrogen functional groups attached to an aromatic ring is 1. The van der Waals surface area contributed by atoms with Crippen LogP contribution >= 0.6 is 11.6 Å². The van der Waals surface area contributed by atoms with Gasteiger partial charge in [0.2, 0.25) is 0 Å². The van der Waals surface area contributed by atoms with Gasteiger partial charge in [0, 0.05) is 24.2 Å². The lowest BCUT2D eigenvalue weighted by Crippen LogP contribution is -1.99. The first-order valence-corrected chi connectivity index (χ1v) is 6.46. The van der Waals surface area contributed by atoms with Crippen molar-refractivity contribution >= 4 is 28.3 Å². The first-order valence-electron chi connectivity index (χ1n) is 6.09. The van der Waals surface area contributed by atoms with E-state index < -0.39 is 0 Å². The van der Waals surface area contributed by atoms with Crippen molar-refractivity contribution in [2.75, 3.05) is 5.73 Å². The number of aromatic nitrogens is 2. The van der Waals surface area contributed by atoms with E-state index in [-0.39, 0.29) is 0 Å². The van der Waals surface area contributed by atoms with Crippen LogP contribution in [0.2, 0.25) is 5.02 Å². The van der Waals surface area contributed by atoms with Crippen LogP contribution in [0.1, 0.15) is 11.4 Å². The van der Waals surface area contributed by atoms with E-state index in [1.54, 1.807) is 0 Å². The molecule has 3 rings (SSSR count). The minimum atomic E-state index is 0.709. The number of rotatable bonds is 2. The summed E-state index contributed by atoms with van der Waals surface area (Å²) in [7, 11) is 2.02. The first kappa shape index (κ1) is 12.1. The molecule has 0 aliphatic heterocycles. The highest BCUT2D eigenvalue weighted by Gasteiger charge is 2.08. The third kappa shape index (κ3) is 2.29. The molecule has 0 aliphatic rings.